The second kappa shape index (κ2) is 5.42. The van der Waals surface area contributed by atoms with Crippen LogP contribution in [0.25, 0.3) is 0 Å². The van der Waals surface area contributed by atoms with E-state index in [9.17, 15) is 0 Å². The third-order valence-corrected chi connectivity index (χ3v) is 3.24. The molecule has 0 aliphatic carbocycles. The van der Waals surface area contributed by atoms with Crippen LogP contribution in [0.2, 0.25) is 0 Å². The van der Waals surface area contributed by atoms with Gasteiger partial charge in [0.05, 0.1) is 18.1 Å². The van der Waals surface area contributed by atoms with Crippen LogP contribution in [0.3, 0.4) is 0 Å². The number of rotatable bonds is 2. The van der Waals surface area contributed by atoms with Gasteiger partial charge in [-0.3, -0.25) is 4.98 Å². The second-order valence-corrected chi connectivity index (χ2v) is 4.73. The highest BCUT2D eigenvalue weighted by Gasteiger charge is 2.20. The Hall–Kier alpha value is -1.20. The lowest BCUT2D eigenvalue weighted by molar-refractivity contribution is 0.337. The van der Waals surface area contributed by atoms with Gasteiger partial charge in [-0.05, 0) is 26.9 Å². The summed E-state index contributed by atoms with van der Waals surface area (Å²) in [5.41, 5.74) is 6.37. The molecule has 0 bridgehead atoms. The Kier molecular flexibility index (Phi) is 3.91. The summed E-state index contributed by atoms with van der Waals surface area (Å²) in [6.07, 6.45) is 4.78. The normalized spacial score (nSPS) is 22.5. The van der Waals surface area contributed by atoms with Crippen molar-refractivity contribution in [2.24, 2.45) is 5.73 Å². The molecule has 0 saturated carbocycles. The summed E-state index contributed by atoms with van der Waals surface area (Å²) in [5, 5.41) is 0. The van der Waals surface area contributed by atoms with Crippen LogP contribution < -0.4 is 10.6 Å². The van der Waals surface area contributed by atoms with Crippen LogP contribution in [-0.4, -0.2) is 47.6 Å². The highest BCUT2D eigenvalue weighted by molar-refractivity contribution is 5.37. The van der Waals surface area contributed by atoms with Gasteiger partial charge in [-0.2, -0.15) is 0 Å². The molecule has 0 spiro atoms. The molecular weight excluding hydrogens is 214 g/mol. The summed E-state index contributed by atoms with van der Waals surface area (Å²) in [4.78, 5) is 13.5. The molecule has 0 aromatic carbocycles. The predicted molar refractivity (Wildman–Crippen MR) is 68.8 cm³/mol. The van der Waals surface area contributed by atoms with Crippen LogP contribution in [-0.2, 0) is 6.54 Å². The molecule has 2 N–H and O–H groups in total. The van der Waals surface area contributed by atoms with Crippen molar-refractivity contribution in [2.75, 3.05) is 31.6 Å². The van der Waals surface area contributed by atoms with Gasteiger partial charge >= 0.3 is 0 Å². The molecule has 17 heavy (non-hydrogen) atoms. The standard InChI is InChI=1S/C12H21N5/c1-10-9-16(2)4-3-5-17(10)12-8-14-11(6-13)7-15-12/h7-8,10H,3-6,9,13H2,1-2H3. The van der Waals surface area contributed by atoms with Crippen molar-refractivity contribution >= 4 is 5.82 Å². The van der Waals surface area contributed by atoms with E-state index in [1.165, 1.54) is 6.42 Å². The third-order valence-electron chi connectivity index (χ3n) is 3.24. The first-order valence-electron chi connectivity index (χ1n) is 6.17. The second-order valence-electron chi connectivity index (χ2n) is 4.73. The summed E-state index contributed by atoms with van der Waals surface area (Å²) in [6.45, 7) is 5.95. The average Bonchev–Trinajstić information content (AvgIpc) is 2.50. The zero-order valence-electron chi connectivity index (χ0n) is 10.6. The molecule has 94 valence electrons. The zero-order chi connectivity index (χ0) is 12.3. The SMILES string of the molecule is CC1CN(C)CCCN1c1cnc(CN)cn1. The molecule has 0 amide bonds. The van der Waals surface area contributed by atoms with E-state index in [4.69, 9.17) is 5.73 Å². The maximum atomic E-state index is 5.53. The van der Waals surface area contributed by atoms with E-state index in [1.54, 1.807) is 6.20 Å². The van der Waals surface area contributed by atoms with Crippen molar-refractivity contribution in [3.05, 3.63) is 18.1 Å². The first kappa shape index (κ1) is 12.3. The van der Waals surface area contributed by atoms with Crippen LogP contribution in [0.4, 0.5) is 5.82 Å². The minimum atomic E-state index is 0.450. The average molecular weight is 235 g/mol. The molecule has 0 radical (unpaired) electrons. The van der Waals surface area contributed by atoms with Crippen molar-refractivity contribution in [1.82, 2.24) is 14.9 Å². The van der Waals surface area contributed by atoms with Gasteiger partial charge in [-0.1, -0.05) is 0 Å². The molecule has 1 aliphatic rings. The highest BCUT2D eigenvalue weighted by atomic mass is 15.3. The number of hydrogen-bond acceptors (Lipinski definition) is 5. The van der Waals surface area contributed by atoms with Crippen molar-refractivity contribution in [1.29, 1.82) is 0 Å². The van der Waals surface area contributed by atoms with Gasteiger partial charge < -0.3 is 15.5 Å². The number of nitrogens with two attached hydrogens (primary N) is 1. The van der Waals surface area contributed by atoms with Gasteiger partial charge in [0.1, 0.15) is 5.82 Å². The topological polar surface area (TPSA) is 58.3 Å². The molecule has 2 rings (SSSR count). The first-order chi connectivity index (χ1) is 8.20. The van der Waals surface area contributed by atoms with E-state index in [0.29, 0.717) is 12.6 Å². The van der Waals surface area contributed by atoms with Crippen LogP contribution >= 0.6 is 0 Å². The Bertz CT molecular complexity index is 350. The summed E-state index contributed by atoms with van der Waals surface area (Å²) >= 11 is 0. The van der Waals surface area contributed by atoms with E-state index >= 15 is 0 Å². The molecule has 5 nitrogen and oxygen atoms in total. The molecule has 1 aromatic rings. The fraction of sp³-hybridized carbons (Fsp3) is 0.667. The van der Waals surface area contributed by atoms with Gasteiger partial charge in [0.15, 0.2) is 0 Å². The Labute approximate surface area is 103 Å². The monoisotopic (exact) mass is 235 g/mol. The number of hydrogen-bond donors (Lipinski definition) is 1. The fourth-order valence-corrected chi connectivity index (χ4v) is 2.31. The lowest BCUT2D eigenvalue weighted by Gasteiger charge is -2.28. The van der Waals surface area contributed by atoms with Crippen molar-refractivity contribution in [2.45, 2.75) is 25.9 Å². The summed E-state index contributed by atoms with van der Waals surface area (Å²) < 4.78 is 0. The van der Waals surface area contributed by atoms with Gasteiger partial charge in [0, 0.05) is 25.7 Å². The maximum absolute atomic E-state index is 5.53. The summed E-state index contributed by atoms with van der Waals surface area (Å²) in [6, 6.07) is 0.473. The van der Waals surface area contributed by atoms with E-state index in [-0.39, 0.29) is 0 Å². The van der Waals surface area contributed by atoms with Gasteiger partial charge in [0.2, 0.25) is 0 Å². The minimum Gasteiger partial charge on any atom is -0.351 e. The molecule has 2 heterocycles. The van der Waals surface area contributed by atoms with Crippen molar-refractivity contribution in [3.63, 3.8) is 0 Å². The van der Waals surface area contributed by atoms with E-state index in [2.05, 4.69) is 33.7 Å². The van der Waals surface area contributed by atoms with Crippen LogP contribution in [0.5, 0.6) is 0 Å². The first-order valence-corrected chi connectivity index (χ1v) is 6.17. The molecule has 1 unspecified atom stereocenters. The largest absolute Gasteiger partial charge is 0.351 e. The van der Waals surface area contributed by atoms with E-state index in [0.717, 1.165) is 31.1 Å². The molecular formula is C12H21N5. The fourth-order valence-electron chi connectivity index (χ4n) is 2.31. The number of aromatic nitrogens is 2. The maximum Gasteiger partial charge on any atom is 0.147 e. The van der Waals surface area contributed by atoms with Crippen LogP contribution in [0, 0.1) is 0 Å². The molecule has 1 saturated heterocycles. The minimum absolute atomic E-state index is 0.450. The Morgan fingerprint density at radius 1 is 1.35 bits per heavy atom. The van der Waals surface area contributed by atoms with E-state index in [1.807, 2.05) is 6.20 Å². The molecule has 1 aromatic heterocycles. The van der Waals surface area contributed by atoms with Crippen molar-refractivity contribution in [3.8, 4) is 0 Å². The van der Waals surface area contributed by atoms with Crippen LogP contribution in [0.15, 0.2) is 12.4 Å². The number of anilines is 1. The number of likely N-dealkylation sites (N-methyl/N-ethyl adjacent to an activating group) is 1. The highest BCUT2D eigenvalue weighted by Crippen LogP contribution is 2.16. The van der Waals surface area contributed by atoms with Gasteiger partial charge in [-0.15, -0.1) is 0 Å². The molecule has 5 heteroatoms. The lowest BCUT2D eigenvalue weighted by Crippen LogP contribution is -2.38. The zero-order valence-corrected chi connectivity index (χ0v) is 10.6. The Morgan fingerprint density at radius 3 is 2.82 bits per heavy atom. The smallest absolute Gasteiger partial charge is 0.147 e. The number of nitrogens with zero attached hydrogens (tertiary/aromatic N) is 4. The third kappa shape index (κ3) is 2.92. The Morgan fingerprint density at radius 2 is 2.18 bits per heavy atom. The molecule has 1 atom stereocenters. The van der Waals surface area contributed by atoms with Crippen LogP contribution in [0.1, 0.15) is 19.0 Å². The molecule has 1 fully saturated rings. The summed E-state index contributed by atoms with van der Waals surface area (Å²) in [5.74, 6) is 0.963. The Balaban J connectivity index is 2.13. The summed E-state index contributed by atoms with van der Waals surface area (Å²) in [7, 11) is 2.17. The quantitative estimate of drug-likeness (QED) is 0.807. The lowest BCUT2D eigenvalue weighted by atomic mass is 10.3. The van der Waals surface area contributed by atoms with E-state index < -0.39 is 0 Å². The van der Waals surface area contributed by atoms with Gasteiger partial charge in [0.25, 0.3) is 0 Å². The predicted octanol–water partition coefficient (Wildman–Crippen LogP) is 0.466. The van der Waals surface area contributed by atoms with Gasteiger partial charge in [-0.25, -0.2) is 4.98 Å². The van der Waals surface area contributed by atoms with Crippen molar-refractivity contribution < 1.29 is 0 Å². The molecule has 1 aliphatic heterocycles.